The van der Waals surface area contributed by atoms with Crippen molar-refractivity contribution in [2.75, 3.05) is 13.2 Å². The van der Waals surface area contributed by atoms with Crippen LogP contribution in [0.4, 0.5) is 0 Å². The minimum Gasteiger partial charge on any atom is -0.393 e. The van der Waals surface area contributed by atoms with Gasteiger partial charge in [0.25, 0.3) is 0 Å². The molecule has 0 saturated carbocycles. The van der Waals surface area contributed by atoms with Gasteiger partial charge >= 0.3 is 0 Å². The Morgan fingerprint density at radius 2 is 2.28 bits per heavy atom. The Bertz CT molecular complexity index is 444. The molecule has 98 valence electrons. The summed E-state index contributed by atoms with van der Waals surface area (Å²) in [5.41, 5.74) is -0.396. The number of hydrogen-bond acceptors (Lipinski definition) is 3. The molecule has 0 aromatic heterocycles. The summed E-state index contributed by atoms with van der Waals surface area (Å²) in [7, 11) is 0. The molecule has 18 heavy (non-hydrogen) atoms. The molecule has 1 amide bonds. The molecule has 0 radical (unpaired) electrons. The van der Waals surface area contributed by atoms with Gasteiger partial charge in [-0.15, -0.1) is 0 Å². The first kappa shape index (κ1) is 14.9. The number of nitrogens with one attached hydrogen (secondary N) is 1. The molecule has 4 nitrogen and oxygen atoms in total. The van der Waals surface area contributed by atoms with Crippen LogP contribution in [-0.4, -0.2) is 34.9 Å². The van der Waals surface area contributed by atoms with Crippen LogP contribution in [0.25, 0.3) is 6.08 Å². The number of halogens is 1. The third kappa shape index (κ3) is 5.44. The molecule has 0 aliphatic heterocycles. The lowest BCUT2D eigenvalue weighted by molar-refractivity contribution is -0.117. The molecular weight excluding hydrogens is 298 g/mol. The van der Waals surface area contributed by atoms with Crippen LogP contribution in [0, 0.1) is 0 Å². The van der Waals surface area contributed by atoms with Crippen molar-refractivity contribution < 1.29 is 15.0 Å². The predicted octanol–water partition coefficient (Wildman–Crippen LogP) is 1.32. The van der Waals surface area contributed by atoms with Crippen LogP contribution in [0.3, 0.4) is 0 Å². The van der Waals surface area contributed by atoms with Gasteiger partial charge in [0.15, 0.2) is 0 Å². The van der Waals surface area contributed by atoms with E-state index in [9.17, 15) is 9.90 Å². The zero-order chi connectivity index (χ0) is 13.6. The first-order valence-corrected chi connectivity index (χ1v) is 6.27. The lowest BCUT2D eigenvalue weighted by atomic mass is 10.1. The number of aliphatic hydroxyl groups is 2. The Hall–Kier alpha value is -1.17. The first-order valence-electron chi connectivity index (χ1n) is 5.48. The number of hydrogen-bond donors (Lipinski definition) is 3. The van der Waals surface area contributed by atoms with Crippen molar-refractivity contribution in [3.63, 3.8) is 0 Å². The van der Waals surface area contributed by atoms with Crippen molar-refractivity contribution in [3.05, 3.63) is 40.4 Å². The number of rotatable bonds is 5. The van der Waals surface area contributed by atoms with E-state index in [4.69, 9.17) is 5.11 Å². The summed E-state index contributed by atoms with van der Waals surface area (Å²) < 4.78 is 0.938. The highest BCUT2D eigenvalue weighted by Crippen LogP contribution is 2.12. The summed E-state index contributed by atoms with van der Waals surface area (Å²) in [5, 5.41) is 20.8. The van der Waals surface area contributed by atoms with Crippen LogP contribution < -0.4 is 5.32 Å². The van der Waals surface area contributed by atoms with Crippen LogP contribution in [-0.2, 0) is 4.79 Å². The van der Waals surface area contributed by atoms with E-state index in [0.717, 1.165) is 10.0 Å². The van der Waals surface area contributed by atoms with Gasteiger partial charge in [0.2, 0.25) is 5.91 Å². The van der Waals surface area contributed by atoms with Gasteiger partial charge in [-0.1, -0.05) is 28.1 Å². The van der Waals surface area contributed by atoms with Crippen LogP contribution in [0.15, 0.2) is 34.8 Å². The Kier molecular flexibility index (Phi) is 5.53. The van der Waals surface area contributed by atoms with Crippen molar-refractivity contribution in [1.82, 2.24) is 5.32 Å². The van der Waals surface area contributed by atoms with E-state index < -0.39 is 12.2 Å². The van der Waals surface area contributed by atoms with Gasteiger partial charge < -0.3 is 15.5 Å². The number of carbonyl (C=O) groups excluding carboxylic acids is 1. The molecule has 5 heteroatoms. The van der Waals surface area contributed by atoms with Crippen molar-refractivity contribution in [3.8, 4) is 0 Å². The van der Waals surface area contributed by atoms with Crippen LogP contribution >= 0.6 is 15.9 Å². The fourth-order valence-electron chi connectivity index (χ4n) is 1.17. The monoisotopic (exact) mass is 313 g/mol. The Balaban J connectivity index is 2.50. The summed E-state index contributed by atoms with van der Waals surface area (Å²) in [6.07, 6.45) is 3.06. The molecule has 0 saturated heterocycles. The van der Waals surface area contributed by atoms with Crippen LogP contribution in [0.5, 0.6) is 0 Å². The largest absolute Gasteiger partial charge is 0.393 e. The average molecular weight is 314 g/mol. The number of amides is 1. The van der Waals surface area contributed by atoms with Gasteiger partial charge in [0.05, 0.1) is 6.61 Å². The fraction of sp³-hybridized carbons (Fsp3) is 0.308. The number of benzene rings is 1. The van der Waals surface area contributed by atoms with Gasteiger partial charge in [-0.3, -0.25) is 4.79 Å². The minimum absolute atomic E-state index is 0.00512. The van der Waals surface area contributed by atoms with Gasteiger partial charge in [0.1, 0.15) is 5.60 Å². The van der Waals surface area contributed by atoms with E-state index in [1.807, 2.05) is 24.3 Å². The topological polar surface area (TPSA) is 69.6 Å². The molecule has 1 atom stereocenters. The van der Waals surface area contributed by atoms with E-state index in [0.29, 0.717) is 0 Å². The summed E-state index contributed by atoms with van der Waals surface area (Å²) >= 11 is 3.34. The number of carbonyl (C=O) groups is 1. The maximum atomic E-state index is 11.5. The normalized spacial score (nSPS) is 14.4. The molecule has 0 heterocycles. The molecule has 0 spiro atoms. The second-order valence-electron chi connectivity index (χ2n) is 4.26. The molecule has 1 aromatic carbocycles. The first-order chi connectivity index (χ1) is 8.43. The SMILES string of the molecule is CC(O)(CO)CNC(=O)C=Cc1cccc(Br)c1. The molecule has 1 unspecified atom stereocenters. The van der Waals surface area contributed by atoms with Crippen molar-refractivity contribution in [2.45, 2.75) is 12.5 Å². The van der Waals surface area contributed by atoms with E-state index in [1.54, 1.807) is 6.08 Å². The molecule has 0 aliphatic rings. The third-order valence-corrected chi connectivity index (χ3v) is 2.75. The summed E-state index contributed by atoms with van der Waals surface area (Å²) in [6, 6.07) is 7.53. The summed E-state index contributed by atoms with van der Waals surface area (Å²) in [4.78, 5) is 11.5. The maximum Gasteiger partial charge on any atom is 0.244 e. The standard InChI is InChI=1S/C13H16BrNO3/c1-13(18,9-16)8-15-12(17)6-5-10-3-2-4-11(14)7-10/h2-7,16,18H,8-9H2,1H3,(H,15,17). The quantitative estimate of drug-likeness (QED) is 0.718. The minimum atomic E-state index is -1.29. The van der Waals surface area contributed by atoms with Crippen molar-refractivity contribution in [2.24, 2.45) is 0 Å². The van der Waals surface area contributed by atoms with Gasteiger partial charge in [-0.05, 0) is 30.7 Å². The molecular formula is C13H16BrNO3. The van der Waals surface area contributed by atoms with Crippen LogP contribution in [0.1, 0.15) is 12.5 Å². The fourth-order valence-corrected chi connectivity index (χ4v) is 1.59. The summed E-state index contributed by atoms with van der Waals surface area (Å²) in [5.74, 6) is -0.316. The molecule has 1 aromatic rings. The van der Waals surface area contributed by atoms with E-state index in [1.165, 1.54) is 13.0 Å². The Labute approximate surface area is 114 Å². The third-order valence-electron chi connectivity index (χ3n) is 2.26. The molecule has 0 aliphatic carbocycles. The molecule has 3 N–H and O–H groups in total. The Morgan fingerprint density at radius 1 is 1.56 bits per heavy atom. The molecule has 0 fully saturated rings. The Morgan fingerprint density at radius 3 is 2.89 bits per heavy atom. The van der Waals surface area contributed by atoms with Crippen molar-refractivity contribution >= 4 is 27.9 Å². The second-order valence-corrected chi connectivity index (χ2v) is 5.18. The van der Waals surface area contributed by atoms with Gasteiger partial charge in [-0.25, -0.2) is 0 Å². The highest BCUT2D eigenvalue weighted by atomic mass is 79.9. The number of aliphatic hydroxyl groups excluding tert-OH is 1. The molecule has 1 rings (SSSR count). The van der Waals surface area contributed by atoms with Crippen LogP contribution in [0.2, 0.25) is 0 Å². The zero-order valence-electron chi connectivity index (χ0n) is 10.1. The van der Waals surface area contributed by atoms with Crippen molar-refractivity contribution in [1.29, 1.82) is 0 Å². The van der Waals surface area contributed by atoms with Gasteiger partial charge in [0, 0.05) is 17.1 Å². The van der Waals surface area contributed by atoms with Gasteiger partial charge in [-0.2, -0.15) is 0 Å². The zero-order valence-corrected chi connectivity index (χ0v) is 11.6. The lowest BCUT2D eigenvalue weighted by Gasteiger charge is -2.19. The highest BCUT2D eigenvalue weighted by molar-refractivity contribution is 9.10. The van der Waals surface area contributed by atoms with E-state index in [-0.39, 0.29) is 12.5 Å². The highest BCUT2D eigenvalue weighted by Gasteiger charge is 2.18. The van der Waals surface area contributed by atoms with E-state index >= 15 is 0 Å². The second kappa shape index (κ2) is 6.68. The lowest BCUT2D eigenvalue weighted by Crippen LogP contribution is -2.42. The average Bonchev–Trinajstić information content (AvgIpc) is 2.34. The molecule has 0 bridgehead atoms. The van der Waals surface area contributed by atoms with E-state index in [2.05, 4.69) is 21.2 Å². The maximum absolute atomic E-state index is 11.5. The summed E-state index contributed by atoms with van der Waals surface area (Å²) in [6.45, 7) is 1.05. The smallest absolute Gasteiger partial charge is 0.244 e. The predicted molar refractivity (Wildman–Crippen MR) is 73.9 cm³/mol.